The smallest absolute Gasteiger partial charge is 0.170 e. The minimum absolute atomic E-state index is 0.525. The highest BCUT2D eigenvalue weighted by molar-refractivity contribution is 7.80. The van der Waals surface area contributed by atoms with E-state index < -0.39 is 0 Å². The molecule has 1 aromatic carbocycles. The lowest BCUT2D eigenvalue weighted by Gasteiger charge is -2.24. The quantitative estimate of drug-likeness (QED) is 0.819. The molecule has 24 heavy (non-hydrogen) atoms. The van der Waals surface area contributed by atoms with Gasteiger partial charge in [0.25, 0.3) is 0 Å². The van der Waals surface area contributed by atoms with Gasteiger partial charge in [0.05, 0.1) is 12.2 Å². The van der Waals surface area contributed by atoms with Crippen molar-refractivity contribution in [2.75, 3.05) is 5.32 Å². The van der Waals surface area contributed by atoms with E-state index in [2.05, 4.69) is 53.0 Å². The first-order valence-corrected chi connectivity index (χ1v) is 9.18. The molecule has 1 heterocycles. The molecule has 1 aliphatic carbocycles. The Balaban J connectivity index is 1.60. The molecule has 0 spiro atoms. The molecule has 0 radical (unpaired) electrons. The summed E-state index contributed by atoms with van der Waals surface area (Å²) in [5, 5.41) is 12.0. The zero-order valence-corrected chi connectivity index (χ0v) is 15.3. The van der Waals surface area contributed by atoms with Crippen LogP contribution in [0.5, 0.6) is 0 Å². The third-order valence-corrected chi connectivity index (χ3v) is 4.78. The van der Waals surface area contributed by atoms with Crippen molar-refractivity contribution in [1.29, 1.82) is 0 Å². The second kappa shape index (κ2) is 7.79. The molecule has 1 aromatic heterocycles. The van der Waals surface area contributed by atoms with Gasteiger partial charge in [-0.3, -0.25) is 4.68 Å². The van der Waals surface area contributed by atoms with Crippen molar-refractivity contribution in [2.24, 2.45) is 0 Å². The number of aryl methyl sites for hydroxylation is 2. The Kier molecular flexibility index (Phi) is 5.51. The first-order valence-electron chi connectivity index (χ1n) is 8.78. The number of nitrogens with zero attached hydrogens (tertiary/aromatic N) is 2. The van der Waals surface area contributed by atoms with Gasteiger partial charge in [0.15, 0.2) is 5.11 Å². The van der Waals surface area contributed by atoms with Crippen molar-refractivity contribution >= 4 is 23.0 Å². The number of benzene rings is 1. The molecule has 4 nitrogen and oxygen atoms in total. The van der Waals surface area contributed by atoms with Crippen molar-refractivity contribution < 1.29 is 0 Å². The number of thiocarbonyl (C=S) groups is 1. The van der Waals surface area contributed by atoms with E-state index in [0.29, 0.717) is 6.04 Å². The maximum atomic E-state index is 5.47. The zero-order chi connectivity index (χ0) is 16.9. The normalized spacial score (nSPS) is 15.2. The summed E-state index contributed by atoms with van der Waals surface area (Å²) in [4.78, 5) is 0. The Labute approximate surface area is 149 Å². The van der Waals surface area contributed by atoms with Gasteiger partial charge in [-0.05, 0) is 62.7 Å². The number of anilines is 1. The summed E-state index contributed by atoms with van der Waals surface area (Å²) < 4.78 is 2.03. The van der Waals surface area contributed by atoms with Crippen LogP contribution in [0.1, 0.15) is 49.1 Å². The summed E-state index contributed by atoms with van der Waals surface area (Å²) in [6.07, 6.45) is 6.41. The van der Waals surface area contributed by atoms with Gasteiger partial charge in [-0.15, -0.1) is 0 Å². The third-order valence-electron chi connectivity index (χ3n) is 4.56. The van der Waals surface area contributed by atoms with E-state index in [1.54, 1.807) is 0 Å². The monoisotopic (exact) mass is 342 g/mol. The Morgan fingerprint density at radius 1 is 1.21 bits per heavy atom. The Bertz CT molecular complexity index is 701. The standard InChI is InChI=1S/C19H26N4S/c1-14-11-15(2)23(22-14)13-16-7-6-10-18(12-16)21-19(24)20-17-8-4-3-5-9-17/h6-7,10-12,17H,3-5,8-9,13H2,1-2H3,(H2,20,21,24). The molecular formula is C19H26N4S. The molecule has 0 aliphatic heterocycles. The van der Waals surface area contributed by atoms with Gasteiger partial charge >= 0.3 is 0 Å². The van der Waals surface area contributed by atoms with Crippen LogP contribution in [0.15, 0.2) is 30.3 Å². The topological polar surface area (TPSA) is 41.9 Å². The fourth-order valence-electron chi connectivity index (χ4n) is 3.35. The second-order valence-electron chi connectivity index (χ2n) is 6.72. The van der Waals surface area contributed by atoms with Crippen molar-refractivity contribution in [3.8, 4) is 0 Å². The predicted molar refractivity (Wildman–Crippen MR) is 103 cm³/mol. The molecule has 2 aromatic rings. The summed E-state index contributed by atoms with van der Waals surface area (Å²) in [5.41, 5.74) is 4.48. The summed E-state index contributed by atoms with van der Waals surface area (Å²) in [6, 6.07) is 11.0. The molecule has 0 bridgehead atoms. The lowest BCUT2D eigenvalue weighted by atomic mass is 9.96. The number of rotatable bonds is 4. The van der Waals surface area contributed by atoms with Crippen molar-refractivity contribution in [3.05, 3.63) is 47.3 Å². The summed E-state index contributed by atoms with van der Waals surface area (Å²) in [5.74, 6) is 0. The van der Waals surface area contributed by atoms with E-state index in [1.165, 1.54) is 43.4 Å². The second-order valence-corrected chi connectivity index (χ2v) is 7.13. The SMILES string of the molecule is Cc1cc(C)n(Cc2cccc(NC(=S)NC3CCCCC3)c2)n1. The Morgan fingerprint density at radius 2 is 2.00 bits per heavy atom. The molecule has 5 heteroatoms. The minimum atomic E-state index is 0.525. The Morgan fingerprint density at radius 3 is 2.71 bits per heavy atom. The van der Waals surface area contributed by atoms with E-state index in [9.17, 15) is 0 Å². The van der Waals surface area contributed by atoms with E-state index in [0.717, 1.165) is 23.0 Å². The molecule has 0 amide bonds. The van der Waals surface area contributed by atoms with Gasteiger partial charge in [-0.25, -0.2) is 0 Å². The van der Waals surface area contributed by atoms with Crippen LogP contribution in [0.25, 0.3) is 0 Å². The van der Waals surface area contributed by atoms with E-state index in [-0.39, 0.29) is 0 Å². The Hall–Kier alpha value is -1.88. The van der Waals surface area contributed by atoms with Gasteiger partial charge < -0.3 is 10.6 Å². The fraction of sp³-hybridized carbons (Fsp3) is 0.474. The van der Waals surface area contributed by atoms with Crippen LogP contribution >= 0.6 is 12.2 Å². The van der Waals surface area contributed by atoms with Crippen molar-refractivity contribution in [1.82, 2.24) is 15.1 Å². The van der Waals surface area contributed by atoms with Crippen LogP contribution in [-0.4, -0.2) is 20.9 Å². The van der Waals surface area contributed by atoms with E-state index in [4.69, 9.17) is 12.2 Å². The van der Waals surface area contributed by atoms with Gasteiger partial charge in [-0.2, -0.15) is 5.10 Å². The highest BCUT2D eigenvalue weighted by atomic mass is 32.1. The highest BCUT2D eigenvalue weighted by Crippen LogP contribution is 2.18. The van der Waals surface area contributed by atoms with Crippen molar-refractivity contribution in [2.45, 2.75) is 58.5 Å². The summed E-state index contributed by atoms with van der Waals surface area (Å²) in [7, 11) is 0. The molecule has 2 N–H and O–H groups in total. The lowest BCUT2D eigenvalue weighted by molar-refractivity contribution is 0.415. The molecule has 1 aliphatic rings. The first-order chi connectivity index (χ1) is 11.6. The minimum Gasteiger partial charge on any atom is -0.360 e. The van der Waals surface area contributed by atoms with Gasteiger partial charge in [0.2, 0.25) is 0 Å². The third kappa shape index (κ3) is 4.57. The van der Waals surface area contributed by atoms with E-state index >= 15 is 0 Å². The zero-order valence-electron chi connectivity index (χ0n) is 14.5. The molecule has 0 atom stereocenters. The van der Waals surface area contributed by atoms with Gasteiger partial charge in [0, 0.05) is 17.4 Å². The number of aromatic nitrogens is 2. The summed E-state index contributed by atoms with van der Waals surface area (Å²) >= 11 is 5.47. The molecule has 1 fully saturated rings. The first kappa shape index (κ1) is 17.0. The summed E-state index contributed by atoms with van der Waals surface area (Å²) in [6.45, 7) is 4.89. The maximum absolute atomic E-state index is 5.47. The maximum Gasteiger partial charge on any atom is 0.170 e. The van der Waals surface area contributed by atoms with Crippen LogP contribution in [0.3, 0.4) is 0 Å². The molecular weight excluding hydrogens is 316 g/mol. The number of nitrogens with one attached hydrogen (secondary N) is 2. The highest BCUT2D eigenvalue weighted by Gasteiger charge is 2.14. The molecule has 3 rings (SSSR count). The molecule has 0 saturated heterocycles. The molecule has 128 valence electrons. The largest absolute Gasteiger partial charge is 0.360 e. The predicted octanol–water partition coefficient (Wildman–Crippen LogP) is 4.17. The fourth-order valence-corrected chi connectivity index (χ4v) is 3.64. The van der Waals surface area contributed by atoms with Crippen LogP contribution in [0, 0.1) is 13.8 Å². The van der Waals surface area contributed by atoms with Gasteiger partial charge in [0.1, 0.15) is 0 Å². The van der Waals surface area contributed by atoms with Gasteiger partial charge in [-0.1, -0.05) is 31.4 Å². The van der Waals surface area contributed by atoms with Crippen LogP contribution < -0.4 is 10.6 Å². The average Bonchev–Trinajstić information content (AvgIpc) is 2.86. The van der Waals surface area contributed by atoms with Crippen LogP contribution in [0.2, 0.25) is 0 Å². The molecule has 0 unspecified atom stereocenters. The number of hydrogen-bond donors (Lipinski definition) is 2. The van der Waals surface area contributed by atoms with E-state index in [1.807, 2.05) is 11.6 Å². The lowest BCUT2D eigenvalue weighted by Crippen LogP contribution is -2.38. The molecule has 1 saturated carbocycles. The average molecular weight is 343 g/mol. The number of hydrogen-bond acceptors (Lipinski definition) is 2. The van der Waals surface area contributed by atoms with Crippen molar-refractivity contribution in [3.63, 3.8) is 0 Å². The van der Waals surface area contributed by atoms with Crippen LogP contribution in [0.4, 0.5) is 5.69 Å². The van der Waals surface area contributed by atoms with Crippen LogP contribution in [-0.2, 0) is 6.54 Å².